The molecule has 30 heavy (non-hydrogen) atoms. The molecule has 1 fully saturated rings. The lowest BCUT2D eigenvalue weighted by Gasteiger charge is -2.36. The van der Waals surface area contributed by atoms with E-state index < -0.39 is 18.4 Å². The molecule has 0 saturated carbocycles. The van der Waals surface area contributed by atoms with Crippen LogP contribution in [-0.4, -0.2) is 60.2 Å². The van der Waals surface area contributed by atoms with Gasteiger partial charge in [0.25, 0.3) is 0 Å². The van der Waals surface area contributed by atoms with E-state index >= 15 is 0 Å². The summed E-state index contributed by atoms with van der Waals surface area (Å²) in [4.78, 5) is 34.5. The molecule has 2 heterocycles. The molecule has 1 saturated heterocycles. The van der Waals surface area contributed by atoms with Crippen molar-refractivity contribution in [3.8, 4) is 0 Å². The average Bonchev–Trinajstić information content (AvgIpc) is 2.90. The molecule has 1 amide bonds. The van der Waals surface area contributed by atoms with Crippen molar-refractivity contribution in [3.63, 3.8) is 0 Å². The van der Waals surface area contributed by atoms with Crippen LogP contribution in [0.15, 0.2) is 63.3 Å². The van der Waals surface area contributed by atoms with Gasteiger partial charge in [-0.05, 0) is 18.2 Å². The molecule has 0 N–H and O–H groups in total. The minimum absolute atomic E-state index is 0.479. The van der Waals surface area contributed by atoms with Crippen LogP contribution in [0.5, 0.6) is 0 Å². The van der Waals surface area contributed by atoms with Crippen LogP contribution < -0.4 is 0 Å². The number of benzene rings is 2. The van der Waals surface area contributed by atoms with E-state index in [1.54, 1.807) is 16.7 Å². The van der Waals surface area contributed by atoms with Crippen molar-refractivity contribution >= 4 is 35.3 Å². The van der Waals surface area contributed by atoms with Gasteiger partial charge in [0, 0.05) is 55.4 Å². The van der Waals surface area contributed by atoms with E-state index in [1.807, 2.05) is 30.3 Å². The van der Waals surface area contributed by atoms with Crippen molar-refractivity contribution in [1.29, 1.82) is 0 Å². The standard InChI is InChI=1S/C22H23N3O4S/c1-15(26)28-16(2)29-22(27)25-13-11-24(12-14-25)21-17-7-3-5-9-19(17)30-20-10-6-4-8-18(20)23-21/h3-10,16H,11-14H2,1-2H3. The molecule has 7 nitrogen and oxygen atoms in total. The fourth-order valence-electron chi connectivity index (χ4n) is 3.49. The van der Waals surface area contributed by atoms with Crippen LogP contribution in [0.4, 0.5) is 10.5 Å². The Bertz CT molecular complexity index is 986. The van der Waals surface area contributed by atoms with Crippen molar-refractivity contribution in [2.75, 3.05) is 26.2 Å². The molecule has 0 radical (unpaired) electrons. The van der Waals surface area contributed by atoms with E-state index in [4.69, 9.17) is 14.5 Å². The van der Waals surface area contributed by atoms with E-state index in [2.05, 4.69) is 23.1 Å². The molecule has 2 aromatic rings. The Kier molecular flexibility index (Phi) is 5.94. The van der Waals surface area contributed by atoms with Gasteiger partial charge in [0.1, 0.15) is 5.84 Å². The monoisotopic (exact) mass is 425 g/mol. The molecule has 0 bridgehead atoms. The summed E-state index contributed by atoms with van der Waals surface area (Å²) < 4.78 is 10.1. The zero-order valence-corrected chi connectivity index (χ0v) is 17.7. The smallest absolute Gasteiger partial charge is 0.412 e. The molecule has 4 rings (SSSR count). The lowest BCUT2D eigenvalue weighted by molar-refractivity contribution is -0.163. The number of carbonyl (C=O) groups excluding carboxylic acids is 2. The van der Waals surface area contributed by atoms with Gasteiger partial charge in [0.15, 0.2) is 0 Å². The van der Waals surface area contributed by atoms with E-state index in [-0.39, 0.29) is 0 Å². The second kappa shape index (κ2) is 8.79. The maximum absolute atomic E-state index is 12.4. The van der Waals surface area contributed by atoms with Crippen LogP contribution >= 0.6 is 11.8 Å². The number of ether oxygens (including phenoxy) is 2. The summed E-state index contributed by atoms with van der Waals surface area (Å²) in [5.74, 6) is 0.438. The second-order valence-electron chi connectivity index (χ2n) is 7.04. The molecule has 2 aliphatic heterocycles. The van der Waals surface area contributed by atoms with Crippen LogP contribution in [0.2, 0.25) is 0 Å². The topological polar surface area (TPSA) is 71.4 Å². The molecule has 0 aliphatic carbocycles. The van der Waals surface area contributed by atoms with Gasteiger partial charge in [-0.15, -0.1) is 0 Å². The molecule has 2 aromatic carbocycles. The molecule has 1 unspecified atom stereocenters. The zero-order valence-electron chi connectivity index (χ0n) is 16.9. The fraction of sp³-hybridized carbons (Fsp3) is 0.318. The van der Waals surface area contributed by atoms with Gasteiger partial charge in [0.05, 0.1) is 5.69 Å². The highest BCUT2D eigenvalue weighted by Gasteiger charge is 2.28. The number of carbonyl (C=O) groups is 2. The second-order valence-corrected chi connectivity index (χ2v) is 8.12. The first-order valence-electron chi connectivity index (χ1n) is 9.84. The maximum atomic E-state index is 12.4. The fourth-order valence-corrected chi connectivity index (χ4v) is 4.50. The van der Waals surface area contributed by atoms with Crippen molar-refractivity contribution < 1.29 is 19.1 Å². The summed E-state index contributed by atoms with van der Waals surface area (Å²) in [6.07, 6.45) is -1.38. The van der Waals surface area contributed by atoms with E-state index in [0.29, 0.717) is 26.2 Å². The quantitative estimate of drug-likeness (QED) is 0.537. The Morgan fingerprint density at radius 1 is 0.967 bits per heavy atom. The van der Waals surface area contributed by atoms with Gasteiger partial charge in [-0.25, -0.2) is 9.79 Å². The van der Waals surface area contributed by atoms with Crippen LogP contribution in [0.1, 0.15) is 19.4 Å². The van der Waals surface area contributed by atoms with Crippen molar-refractivity contribution in [2.24, 2.45) is 4.99 Å². The summed E-state index contributed by atoms with van der Waals surface area (Å²) in [6.45, 7) is 5.09. The number of piperazine rings is 1. The summed E-state index contributed by atoms with van der Waals surface area (Å²) in [7, 11) is 0. The molecule has 156 valence electrons. The van der Waals surface area contributed by atoms with Crippen LogP contribution in [0.3, 0.4) is 0 Å². The molecule has 2 aliphatic rings. The number of hydrogen-bond acceptors (Lipinski definition) is 7. The number of esters is 1. The van der Waals surface area contributed by atoms with Crippen LogP contribution in [-0.2, 0) is 14.3 Å². The van der Waals surface area contributed by atoms with Gasteiger partial charge in [0.2, 0.25) is 6.29 Å². The van der Waals surface area contributed by atoms with Gasteiger partial charge in [-0.2, -0.15) is 0 Å². The van der Waals surface area contributed by atoms with E-state index in [1.165, 1.54) is 18.7 Å². The Morgan fingerprint density at radius 2 is 1.63 bits per heavy atom. The molecule has 0 aromatic heterocycles. The van der Waals surface area contributed by atoms with Crippen LogP contribution in [0, 0.1) is 0 Å². The third-order valence-electron chi connectivity index (χ3n) is 4.88. The Morgan fingerprint density at radius 3 is 2.37 bits per heavy atom. The van der Waals surface area contributed by atoms with Crippen LogP contribution in [0.25, 0.3) is 0 Å². The summed E-state index contributed by atoms with van der Waals surface area (Å²) in [5, 5.41) is 0. The maximum Gasteiger partial charge on any atom is 0.412 e. The molecule has 0 spiro atoms. The van der Waals surface area contributed by atoms with E-state index in [0.717, 1.165) is 22.0 Å². The first kappa shape index (κ1) is 20.3. The Labute approximate surface area is 179 Å². The Hall–Kier alpha value is -3.00. The number of amidine groups is 1. The molecule has 1 atom stereocenters. The van der Waals surface area contributed by atoms with Gasteiger partial charge >= 0.3 is 12.1 Å². The third kappa shape index (κ3) is 4.43. The number of nitrogens with zero attached hydrogens (tertiary/aromatic N) is 3. The third-order valence-corrected chi connectivity index (χ3v) is 6.02. The van der Waals surface area contributed by atoms with Gasteiger partial charge in [-0.3, -0.25) is 4.79 Å². The lowest BCUT2D eigenvalue weighted by atomic mass is 10.1. The number of hydrogen-bond donors (Lipinski definition) is 0. The summed E-state index contributed by atoms with van der Waals surface area (Å²) in [5.41, 5.74) is 2.05. The minimum Gasteiger partial charge on any atom is -0.426 e. The number of fused-ring (bicyclic) bond motifs is 2. The Balaban J connectivity index is 1.49. The predicted molar refractivity (Wildman–Crippen MR) is 114 cm³/mol. The molecular formula is C22H23N3O4S. The van der Waals surface area contributed by atoms with Crippen molar-refractivity contribution in [1.82, 2.24) is 9.80 Å². The SMILES string of the molecule is CC(=O)OC(C)OC(=O)N1CCN(C2=Nc3ccccc3Sc3ccccc32)CC1. The zero-order chi connectivity index (χ0) is 21.1. The first-order valence-corrected chi connectivity index (χ1v) is 10.7. The lowest BCUT2D eigenvalue weighted by Crippen LogP contribution is -2.51. The number of rotatable bonds is 2. The first-order chi connectivity index (χ1) is 14.5. The van der Waals surface area contributed by atoms with Gasteiger partial charge < -0.3 is 19.3 Å². The summed E-state index contributed by atoms with van der Waals surface area (Å²) in [6, 6.07) is 16.4. The molecule has 8 heteroatoms. The number of aliphatic imine (C=N–C) groups is 1. The highest BCUT2D eigenvalue weighted by Crippen LogP contribution is 2.40. The minimum atomic E-state index is -0.903. The average molecular weight is 426 g/mol. The van der Waals surface area contributed by atoms with Crippen molar-refractivity contribution in [3.05, 3.63) is 54.1 Å². The largest absolute Gasteiger partial charge is 0.426 e. The number of amides is 1. The predicted octanol–water partition coefficient (Wildman–Crippen LogP) is 3.89. The van der Waals surface area contributed by atoms with E-state index in [9.17, 15) is 9.59 Å². The van der Waals surface area contributed by atoms with Crippen molar-refractivity contribution in [2.45, 2.75) is 29.9 Å². The highest BCUT2D eigenvalue weighted by atomic mass is 32.2. The van der Waals surface area contributed by atoms with Gasteiger partial charge in [-0.1, -0.05) is 42.1 Å². The summed E-state index contributed by atoms with van der Waals surface area (Å²) >= 11 is 1.72. The molecular weight excluding hydrogens is 402 g/mol. The normalized spacial score (nSPS) is 16.5. The number of para-hydroxylation sites is 1. The highest BCUT2D eigenvalue weighted by molar-refractivity contribution is 7.99.